The molecule has 9 heteroatoms. The third-order valence-electron chi connectivity index (χ3n) is 3.68. The number of carbonyl (C=O) groups excluding carboxylic acids is 1. The number of tetrazole rings is 1. The standard InChI is InChI=1S/C13H20N4O4S/c1-17-13(14-15-16-17)22-8-10-6-9(7-11(18)20-10)21-12-4-2-3-5-19-12/h9-10,12H,2-8H2,1H3. The van der Waals surface area contributed by atoms with E-state index in [2.05, 4.69) is 15.5 Å². The summed E-state index contributed by atoms with van der Waals surface area (Å²) in [4.78, 5) is 11.8. The number of thioether (sulfide) groups is 1. The first-order chi connectivity index (χ1) is 10.7. The van der Waals surface area contributed by atoms with Gasteiger partial charge in [-0.15, -0.1) is 5.10 Å². The van der Waals surface area contributed by atoms with E-state index in [1.807, 2.05) is 0 Å². The highest BCUT2D eigenvalue weighted by Gasteiger charge is 2.32. The zero-order chi connectivity index (χ0) is 15.4. The number of rotatable bonds is 5. The fraction of sp³-hybridized carbons (Fsp3) is 0.846. The number of nitrogens with zero attached hydrogens (tertiary/aromatic N) is 4. The third-order valence-corrected chi connectivity index (χ3v) is 4.82. The van der Waals surface area contributed by atoms with Crippen molar-refractivity contribution in [3.8, 4) is 0 Å². The van der Waals surface area contributed by atoms with E-state index in [4.69, 9.17) is 14.2 Å². The van der Waals surface area contributed by atoms with E-state index < -0.39 is 0 Å². The average molecular weight is 328 g/mol. The molecule has 2 aliphatic heterocycles. The van der Waals surface area contributed by atoms with E-state index in [-0.39, 0.29) is 24.5 Å². The van der Waals surface area contributed by atoms with Gasteiger partial charge in [-0.25, -0.2) is 4.68 Å². The van der Waals surface area contributed by atoms with Crippen LogP contribution in [0.5, 0.6) is 0 Å². The summed E-state index contributed by atoms with van der Waals surface area (Å²) >= 11 is 1.47. The van der Waals surface area contributed by atoms with Gasteiger partial charge in [0.1, 0.15) is 6.10 Å². The van der Waals surface area contributed by atoms with Crippen LogP contribution in [-0.2, 0) is 26.1 Å². The summed E-state index contributed by atoms with van der Waals surface area (Å²) in [5.41, 5.74) is 0. The molecule has 0 saturated carbocycles. The van der Waals surface area contributed by atoms with Gasteiger partial charge in [0.2, 0.25) is 5.16 Å². The van der Waals surface area contributed by atoms with Crippen molar-refractivity contribution in [1.29, 1.82) is 0 Å². The van der Waals surface area contributed by atoms with Gasteiger partial charge in [0.25, 0.3) is 0 Å². The molecule has 1 aromatic heterocycles. The second kappa shape index (κ2) is 7.38. The van der Waals surface area contributed by atoms with Gasteiger partial charge in [-0.1, -0.05) is 11.8 Å². The van der Waals surface area contributed by atoms with Gasteiger partial charge in [-0.3, -0.25) is 4.79 Å². The van der Waals surface area contributed by atoms with Crippen LogP contribution in [-0.4, -0.2) is 57.0 Å². The molecule has 0 aliphatic carbocycles. The molecule has 0 N–H and O–H groups in total. The second-order valence-corrected chi connectivity index (χ2v) is 6.49. The fourth-order valence-electron chi connectivity index (χ4n) is 2.59. The van der Waals surface area contributed by atoms with Gasteiger partial charge >= 0.3 is 5.97 Å². The Morgan fingerprint density at radius 1 is 1.45 bits per heavy atom. The normalized spacial score (nSPS) is 29.3. The molecule has 3 atom stereocenters. The van der Waals surface area contributed by atoms with Gasteiger partial charge < -0.3 is 14.2 Å². The van der Waals surface area contributed by atoms with Crippen molar-refractivity contribution in [3.05, 3.63) is 0 Å². The number of carbonyl (C=O) groups is 1. The summed E-state index contributed by atoms with van der Waals surface area (Å²) < 4.78 is 18.5. The topological polar surface area (TPSA) is 88.4 Å². The maximum atomic E-state index is 11.8. The van der Waals surface area contributed by atoms with E-state index >= 15 is 0 Å². The zero-order valence-electron chi connectivity index (χ0n) is 12.5. The first kappa shape index (κ1) is 15.7. The van der Waals surface area contributed by atoms with Crippen molar-refractivity contribution in [2.75, 3.05) is 12.4 Å². The quantitative estimate of drug-likeness (QED) is 0.582. The summed E-state index contributed by atoms with van der Waals surface area (Å²) in [7, 11) is 1.78. The monoisotopic (exact) mass is 328 g/mol. The number of aryl methyl sites for hydroxylation is 1. The lowest BCUT2D eigenvalue weighted by atomic mass is 10.1. The van der Waals surface area contributed by atoms with E-state index in [1.165, 1.54) is 11.8 Å². The Morgan fingerprint density at radius 2 is 2.36 bits per heavy atom. The number of hydrogen-bond acceptors (Lipinski definition) is 8. The Hall–Kier alpha value is -1.19. The lowest BCUT2D eigenvalue weighted by Crippen LogP contribution is -2.38. The van der Waals surface area contributed by atoms with Crippen molar-refractivity contribution in [1.82, 2.24) is 20.2 Å². The Kier molecular flexibility index (Phi) is 5.27. The highest BCUT2D eigenvalue weighted by atomic mass is 32.2. The molecule has 3 heterocycles. The van der Waals surface area contributed by atoms with Crippen molar-refractivity contribution in [3.63, 3.8) is 0 Å². The lowest BCUT2D eigenvalue weighted by Gasteiger charge is -2.32. The molecule has 3 unspecified atom stereocenters. The van der Waals surface area contributed by atoms with E-state index in [0.717, 1.165) is 25.9 Å². The van der Waals surface area contributed by atoms with Gasteiger partial charge in [0, 0.05) is 25.8 Å². The summed E-state index contributed by atoms with van der Waals surface area (Å²) in [6.07, 6.45) is 3.58. The molecule has 0 bridgehead atoms. The van der Waals surface area contributed by atoms with E-state index in [1.54, 1.807) is 11.7 Å². The molecule has 2 aliphatic rings. The molecule has 3 rings (SSSR count). The first-order valence-electron chi connectivity index (χ1n) is 7.52. The van der Waals surface area contributed by atoms with Crippen LogP contribution >= 0.6 is 11.8 Å². The maximum Gasteiger partial charge on any atom is 0.308 e. The Labute approximate surface area is 132 Å². The van der Waals surface area contributed by atoms with Gasteiger partial charge in [-0.05, 0) is 29.7 Å². The summed E-state index contributed by atoms with van der Waals surface area (Å²) in [6.45, 7) is 0.736. The molecule has 122 valence electrons. The molecule has 1 aromatic rings. The van der Waals surface area contributed by atoms with Crippen molar-refractivity contribution in [2.24, 2.45) is 7.05 Å². The highest BCUT2D eigenvalue weighted by Crippen LogP contribution is 2.26. The molecule has 2 saturated heterocycles. The van der Waals surface area contributed by atoms with Crippen molar-refractivity contribution in [2.45, 2.75) is 55.8 Å². The first-order valence-corrected chi connectivity index (χ1v) is 8.51. The van der Waals surface area contributed by atoms with Gasteiger partial charge in [0.15, 0.2) is 6.29 Å². The van der Waals surface area contributed by atoms with Crippen LogP contribution in [0.3, 0.4) is 0 Å². The van der Waals surface area contributed by atoms with Crippen LogP contribution < -0.4 is 0 Å². The predicted octanol–water partition coefficient (Wildman–Crippen LogP) is 0.920. The minimum Gasteiger partial charge on any atom is -0.461 e. The van der Waals surface area contributed by atoms with Crippen LogP contribution in [0.15, 0.2) is 5.16 Å². The van der Waals surface area contributed by atoms with Gasteiger partial charge in [0.05, 0.1) is 12.5 Å². The van der Waals surface area contributed by atoms with Gasteiger partial charge in [-0.2, -0.15) is 0 Å². The van der Waals surface area contributed by atoms with Crippen LogP contribution in [0.1, 0.15) is 32.1 Å². The van der Waals surface area contributed by atoms with Crippen molar-refractivity contribution < 1.29 is 19.0 Å². The fourth-order valence-corrected chi connectivity index (χ4v) is 3.45. The average Bonchev–Trinajstić information content (AvgIpc) is 2.91. The Balaban J connectivity index is 1.49. The van der Waals surface area contributed by atoms with Crippen LogP contribution in [0.25, 0.3) is 0 Å². The van der Waals surface area contributed by atoms with E-state index in [9.17, 15) is 4.79 Å². The number of cyclic esters (lactones) is 1. The van der Waals surface area contributed by atoms with Crippen LogP contribution in [0, 0.1) is 0 Å². The summed E-state index contributed by atoms with van der Waals surface area (Å²) in [5, 5.41) is 12.0. The lowest BCUT2D eigenvalue weighted by molar-refractivity contribution is -0.207. The Bertz CT molecular complexity index is 506. The smallest absolute Gasteiger partial charge is 0.308 e. The molecule has 0 spiro atoms. The zero-order valence-corrected chi connectivity index (χ0v) is 13.3. The van der Waals surface area contributed by atoms with Crippen molar-refractivity contribution >= 4 is 17.7 Å². The number of ether oxygens (including phenoxy) is 3. The molecular weight excluding hydrogens is 308 g/mol. The predicted molar refractivity (Wildman–Crippen MR) is 77.1 cm³/mol. The minimum absolute atomic E-state index is 0.132. The summed E-state index contributed by atoms with van der Waals surface area (Å²) in [6, 6.07) is 0. The number of aromatic nitrogens is 4. The maximum absolute atomic E-state index is 11.8. The molecule has 0 amide bonds. The largest absolute Gasteiger partial charge is 0.461 e. The molecule has 2 fully saturated rings. The molecule has 22 heavy (non-hydrogen) atoms. The summed E-state index contributed by atoms with van der Waals surface area (Å²) in [5.74, 6) is 0.402. The van der Waals surface area contributed by atoms with Crippen LogP contribution in [0.4, 0.5) is 0 Å². The third kappa shape index (κ3) is 4.17. The molecular formula is C13H20N4O4S. The Morgan fingerprint density at radius 3 is 3.09 bits per heavy atom. The van der Waals surface area contributed by atoms with Crippen LogP contribution in [0.2, 0.25) is 0 Å². The SMILES string of the molecule is Cn1nnnc1SCC1CC(OC2CCCCO2)CC(=O)O1. The molecule has 8 nitrogen and oxygen atoms in total. The number of hydrogen-bond donors (Lipinski definition) is 0. The van der Waals surface area contributed by atoms with E-state index in [0.29, 0.717) is 23.8 Å². The number of esters is 1. The molecule has 0 radical (unpaired) electrons. The highest BCUT2D eigenvalue weighted by molar-refractivity contribution is 7.99. The minimum atomic E-state index is -0.214. The molecule has 0 aromatic carbocycles. The second-order valence-electron chi connectivity index (χ2n) is 5.50.